The van der Waals surface area contributed by atoms with Gasteiger partial charge in [0.2, 0.25) is 23.6 Å². The highest BCUT2D eigenvalue weighted by molar-refractivity contribution is 5.95. The molecule has 0 heterocycles. The average molecular weight is 503 g/mol. The summed E-state index contributed by atoms with van der Waals surface area (Å²) in [5.74, 6) is -5.88. The lowest BCUT2D eigenvalue weighted by Gasteiger charge is -2.24. The van der Waals surface area contributed by atoms with Crippen molar-refractivity contribution in [1.82, 2.24) is 16.0 Å². The van der Waals surface area contributed by atoms with Gasteiger partial charge in [-0.3, -0.25) is 28.8 Å². The normalized spacial score (nSPS) is 14.0. The Kier molecular flexibility index (Phi) is 15.2. The SMILES string of the molecule is NCCCC[C@H](NC(=O)[C@@H](N)CCC(=O)O)C(=O)N[C@@H](CC(N)=O)C(=O)N[C@H](C=O)CCC(=O)O. The van der Waals surface area contributed by atoms with E-state index in [2.05, 4.69) is 16.0 Å². The summed E-state index contributed by atoms with van der Waals surface area (Å²) < 4.78 is 0. The molecule has 0 rings (SSSR count). The molecule has 0 spiro atoms. The lowest BCUT2D eigenvalue weighted by molar-refractivity contribution is -0.138. The topological polar surface area (TPSA) is 274 Å². The van der Waals surface area contributed by atoms with E-state index in [1.165, 1.54) is 0 Å². The van der Waals surface area contributed by atoms with E-state index >= 15 is 0 Å². The number of aldehydes is 1. The van der Waals surface area contributed by atoms with Crippen molar-refractivity contribution in [2.75, 3.05) is 6.54 Å². The van der Waals surface area contributed by atoms with Crippen LogP contribution in [0.15, 0.2) is 0 Å². The minimum Gasteiger partial charge on any atom is -0.481 e. The van der Waals surface area contributed by atoms with Gasteiger partial charge in [0.1, 0.15) is 18.4 Å². The summed E-state index contributed by atoms with van der Waals surface area (Å²) in [5.41, 5.74) is 16.3. The molecule has 0 aliphatic carbocycles. The van der Waals surface area contributed by atoms with E-state index in [0.717, 1.165) is 0 Å². The molecule has 0 aliphatic rings. The summed E-state index contributed by atoms with van der Waals surface area (Å²) in [6, 6.07) is -5.09. The first-order valence-corrected chi connectivity index (χ1v) is 10.9. The first-order valence-electron chi connectivity index (χ1n) is 10.9. The molecule has 15 heteroatoms. The number of primary amides is 1. The number of carbonyl (C=O) groups is 7. The number of carbonyl (C=O) groups excluding carboxylic acids is 5. The van der Waals surface area contributed by atoms with Crippen molar-refractivity contribution >= 4 is 41.9 Å². The van der Waals surface area contributed by atoms with Crippen molar-refractivity contribution in [2.45, 2.75) is 75.5 Å². The quantitative estimate of drug-likeness (QED) is 0.0639. The van der Waals surface area contributed by atoms with Gasteiger partial charge in [-0.25, -0.2) is 0 Å². The third-order valence-electron chi connectivity index (χ3n) is 4.79. The monoisotopic (exact) mass is 502 g/mol. The number of carboxylic acids is 2. The van der Waals surface area contributed by atoms with Gasteiger partial charge < -0.3 is 48.2 Å². The molecule has 0 saturated carbocycles. The fraction of sp³-hybridized carbons (Fsp3) is 0.650. The predicted molar refractivity (Wildman–Crippen MR) is 120 cm³/mol. The highest BCUT2D eigenvalue weighted by Crippen LogP contribution is 2.05. The van der Waals surface area contributed by atoms with Crippen LogP contribution in [0.3, 0.4) is 0 Å². The third-order valence-corrected chi connectivity index (χ3v) is 4.79. The summed E-state index contributed by atoms with van der Waals surface area (Å²) in [6.07, 6.45) is -0.451. The molecule has 0 bridgehead atoms. The molecule has 4 atom stereocenters. The van der Waals surface area contributed by atoms with Gasteiger partial charge in [0.15, 0.2) is 0 Å². The van der Waals surface area contributed by atoms with Crippen LogP contribution in [0.2, 0.25) is 0 Å². The van der Waals surface area contributed by atoms with Crippen LogP contribution in [-0.2, 0) is 33.6 Å². The van der Waals surface area contributed by atoms with Gasteiger partial charge in [-0.1, -0.05) is 0 Å². The van der Waals surface area contributed by atoms with Crippen molar-refractivity contribution in [3.63, 3.8) is 0 Å². The van der Waals surface area contributed by atoms with Crippen molar-refractivity contribution in [3.8, 4) is 0 Å². The average Bonchev–Trinajstić information content (AvgIpc) is 2.78. The minimum atomic E-state index is -1.51. The highest BCUT2D eigenvalue weighted by atomic mass is 16.4. The van der Waals surface area contributed by atoms with E-state index < -0.39 is 72.6 Å². The predicted octanol–water partition coefficient (Wildman–Crippen LogP) is -3.30. The van der Waals surface area contributed by atoms with Crippen molar-refractivity contribution in [1.29, 1.82) is 0 Å². The van der Waals surface area contributed by atoms with Crippen LogP contribution >= 0.6 is 0 Å². The maximum absolute atomic E-state index is 12.9. The van der Waals surface area contributed by atoms with Crippen LogP contribution in [0.4, 0.5) is 0 Å². The van der Waals surface area contributed by atoms with Gasteiger partial charge in [-0.05, 0) is 38.6 Å². The van der Waals surface area contributed by atoms with Crippen LogP contribution in [-0.4, -0.2) is 82.8 Å². The zero-order valence-corrected chi connectivity index (χ0v) is 19.2. The van der Waals surface area contributed by atoms with E-state index in [4.69, 9.17) is 27.4 Å². The number of aliphatic carboxylic acids is 2. The molecule has 0 aliphatic heterocycles. The van der Waals surface area contributed by atoms with Gasteiger partial charge in [-0.15, -0.1) is 0 Å². The molecule has 15 nitrogen and oxygen atoms in total. The second-order valence-electron chi connectivity index (χ2n) is 7.80. The lowest BCUT2D eigenvalue weighted by Crippen LogP contribution is -2.57. The van der Waals surface area contributed by atoms with Crippen LogP contribution in [0.25, 0.3) is 0 Å². The number of nitrogens with one attached hydrogen (secondary N) is 3. The number of hydrogen-bond donors (Lipinski definition) is 8. The number of amides is 4. The van der Waals surface area contributed by atoms with Crippen LogP contribution in [0.1, 0.15) is 51.4 Å². The Morgan fingerprint density at radius 2 is 1.31 bits per heavy atom. The van der Waals surface area contributed by atoms with Crippen LogP contribution in [0, 0.1) is 0 Å². The van der Waals surface area contributed by atoms with Gasteiger partial charge in [0, 0.05) is 12.8 Å². The molecule has 0 radical (unpaired) electrons. The molecule has 0 aromatic heterocycles. The second kappa shape index (κ2) is 16.9. The first-order chi connectivity index (χ1) is 16.4. The largest absolute Gasteiger partial charge is 0.481 e. The van der Waals surface area contributed by atoms with Crippen molar-refractivity contribution in [2.24, 2.45) is 17.2 Å². The summed E-state index contributed by atoms with van der Waals surface area (Å²) in [5, 5.41) is 24.4. The standard InChI is InChI=1S/C20H34N6O9/c21-8-2-1-3-13(25-18(33)12(22)5-7-17(31)32)19(34)26-14(9-15(23)28)20(35)24-11(10-27)4-6-16(29)30/h10-14H,1-9,21-22H2,(H2,23,28)(H,24,35)(H,25,33)(H,26,34)(H,29,30)(H,31,32)/t11-,12-,13-,14-/m0/s1. The molecule has 35 heavy (non-hydrogen) atoms. The van der Waals surface area contributed by atoms with E-state index in [9.17, 15) is 33.6 Å². The van der Waals surface area contributed by atoms with E-state index in [1.807, 2.05) is 0 Å². The molecule has 11 N–H and O–H groups in total. The Morgan fingerprint density at radius 1 is 0.771 bits per heavy atom. The molecule has 0 aromatic carbocycles. The summed E-state index contributed by atoms with van der Waals surface area (Å²) in [6.45, 7) is 0.316. The molecular formula is C20H34N6O9. The Balaban J connectivity index is 5.42. The zero-order chi connectivity index (χ0) is 27.0. The molecule has 0 unspecified atom stereocenters. The zero-order valence-electron chi connectivity index (χ0n) is 19.2. The fourth-order valence-corrected chi connectivity index (χ4v) is 2.87. The number of hydrogen-bond acceptors (Lipinski definition) is 9. The van der Waals surface area contributed by atoms with Gasteiger partial charge in [-0.2, -0.15) is 0 Å². The molecule has 198 valence electrons. The van der Waals surface area contributed by atoms with Crippen LogP contribution < -0.4 is 33.2 Å². The smallest absolute Gasteiger partial charge is 0.303 e. The number of rotatable bonds is 19. The summed E-state index contributed by atoms with van der Waals surface area (Å²) >= 11 is 0. The maximum atomic E-state index is 12.9. The Bertz CT molecular complexity index is 776. The Labute approximate surface area is 201 Å². The summed E-state index contributed by atoms with van der Waals surface area (Å²) in [7, 11) is 0. The molecule has 0 aromatic rings. The van der Waals surface area contributed by atoms with E-state index in [-0.39, 0.29) is 25.7 Å². The first kappa shape index (κ1) is 31.4. The third kappa shape index (κ3) is 14.3. The van der Waals surface area contributed by atoms with E-state index in [0.29, 0.717) is 25.7 Å². The Hall–Kier alpha value is -3.59. The van der Waals surface area contributed by atoms with Crippen molar-refractivity contribution < 1.29 is 43.8 Å². The van der Waals surface area contributed by atoms with E-state index in [1.54, 1.807) is 0 Å². The summed E-state index contributed by atoms with van der Waals surface area (Å²) in [4.78, 5) is 81.7. The Morgan fingerprint density at radius 3 is 1.83 bits per heavy atom. The van der Waals surface area contributed by atoms with Gasteiger partial charge in [0.25, 0.3) is 0 Å². The second-order valence-corrected chi connectivity index (χ2v) is 7.80. The maximum Gasteiger partial charge on any atom is 0.303 e. The highest BCUT2D eigenvalue weighted by Gasteiger charge is 2.30. The van der Waals surface area contributed by atoms with Gasteiger partial charge in [0.05, 0.1) is 18.5 Å². The molecule has 4 amide bonds. The number of unbranched alkanes of at least 4 members (excludes halogenated alkanes) is 1. The number of carboxylic acid groups (broad SMARTS) is 2. The van der Waals surface area contributed by atoms with Crippen LogP contribution in [0.5, 0.6) is 0 Å². The lowest BCUT2D eigenvalue weighted by atomic mass is 10.1. The van der Waals surface area contributed by atoms with Gasteiger partial charge >= 0.3 is 11.9 Å². The molecule has 0 saturated heterocycles. The minimum absolute atomic E-state index is 0.0981. The fourth-order valence-electron chi connectivity index (χ4n) is 2.87. The van der Waals surface area contributed by atoms with Crippen molar-refractivity contribution in [3.05, 3.63) is 0 Å². The molecular weight excluding hydrogens is 468 g/mol. The molecule has 0 fully saturated rings. The number of nitrogens with two attached hydrogens (primary N) is 3.